The first-order valence-electron chi connectivity index (χ1n) is 2.44. The Bertz CT molecular complexity index is 154. The molecule has 0 unspecified atom stereocenters. The molecule has 0 aromatic carbocycles. The maximum Gasteiger partial charge on any atom is 0.0329 e. The Hall–Kier alpha value is -1.18. The minimum atomic E-state index is 0.770. The highest BCUT2D eigenvalue weighted by molar-refractivity contribution is 5.22. The fraction of sp³-hybridized carbons (Fsp3) is 0. The van der Waals surface area contributed by atoms with E-state index in [9.17, 15) is 0 Å². The number of allylic oxidation sites excluding steroid dienone is 3. The Balaban J connectivity index is 2.73. The molecule has 42 valence electrons. The van der Waals surface area contributed by atoms with Gasteiger partial charge in [0.05, 0.1) is 0 Å². The molecule has 0 aliphatic carbocycles. The molecule has 0 atom stereocenters. The van der Waals surface area contributed by atoms with Gasteiger partial charge >= 0.3 is 0 Å². The lowest BCUT2D eigenvalue weighted by Gasteiger charge is -1.83. The first-order valence-corrected chi connectivity index (χ1v) is 2.44. The van der Waals surface area contributed by atoms with E-state index < -0.39 is 0 Å². The van der Waals surface area contributed by atoms with E-state index >= 15 is 0 Å². The Labute approximate surface area is 48.4 Å². The van der Waals surface area contributed by atoms with Crippen LogP contribution in [0, 0.1) is 0 Å². The predicted molar refractivity (Wildman–Crippen MR) is 33.7 cm³/mol. The minimum Gasteiger partial charge on any atom is -0.399 e. The molecule has 0 radical (unpaired) electrons. The third kappa shape index (κ3) is 1.15. The van der Waals surface area contributed by atoms with Crippen molar-refractivity contribution in [3.05, 3.63) is 36.3 Å². The van der Waals surface area contributed by atoms with Gasteiger partial charge in [0.1, 0.15) is 0 Å². The molecule has 0 spiro atoms. The van der Waals surface area contributed by atoms with Crippen LogP contribution < -0.4 is 11.1 Å². The van der Waals surface area contributed by atoms with Crippen LogP contribution in [0.15, 0.2) is 36.3 Å². The highest BCUT2D eigenvalue weighted by atomic mass is 14.8. The van der Waals surface area contributed by atoms with Gasteiger partial charge in [0.2, 0.25) is 0 Å². The number of hydrogen-bond donors (Lipinski definition) is 2. The smallest absolute Gasteiger partial charge is 0.0329 e. The third-order valence-corrected chi connectivity index (χ3v) is 0.853. The molecule has 1 aliphatic heterocycles. The number of rotatable bonds is 0. The Morgan fingerprint density at radius 2 is 2.25 bits per heavy atom. The van der Waals surface area contributed by atoms with Crippen LogP contribution in [-0.2, 0) is 0 Å². The highest BCUT2D eigenvalue weighted by Gasteiger charge is 1.79. The normalized spacial score (nSPS) is 16.8. The van der Waals surface area contributed by atoms with Gasteiger partial charge in [0, 0.05) is 18.1 Å². The summed E-state index contributed by atoms with van der Waals surface area (Å²) >= 11 is 0. The van der Waals surface area contributed by atoms with E-state index in [1.807, 2.05) is 18.4 Å². The fourth-order valence-corrected chi connectivity index (χ4v) is 0.470. The molecule has 0 aromatic rings. The van der Waals surface area contributed by atoms with Crippen LogP contribution in [0.1, 0.15) is 0 Å². The van der Waals surface area contributed by atoms with E-state index in [0.717, 1.165) is 5.70 Å². The van der Waals surface area contributed by atoms with Crippen LogP contribution in [0.2, 0.25) is 0 Å². The Morgan fingerprint density at radius 1 is 1.38 bits per heavy atom. The molecule has 0 amide bonds. The molecule has 2 nitrogen and oxygen atoms in total. The summed E-state index contributed by atoms with van der Waals surface area (Å²) in [4.78, 5) is 0. The number of hydrogen-bond acceptors (Lipinski definition) is 2. The molecular weight excluding hydrogens is 100 g/mol. The molecule has 0 fully saturated rings. The number of nitrogens with one attached hydrogen (secondary N) is 1. The molecule has 1 heterocycles. The fourth-order valence-electron chi connectivity index (χ4n) is 0.470. The lowest BCUT2D eigenvalue weighted by Crippen LogP contribution is -1.92. The van der Waals surface area contributed by atoms with Crippen LogP contribution in [0.4, 0.5) is 0 Å². The van der Waals surface area contributed by atoms with E-state index in [-0.39, 0.29) is 0 Å². The molecule has 0 saturated carbocycles. The quantitative estimate of drug-likeness (QED) is 0.473. The second-order valence-corrected chi connectivity index (χ2v) is 1.53. The summed E-state index contributed by atoms with van der Waals surface area (Å²) in [6.07, 6.45) is 9.09. The van der Waals surface area contributed by atoms with Crippen molar-refractivity contribution in [1.82, 2.24) is 5.32 Å². The SMILES string of the molecule is NC1=CC=CNC=C1. The summed E-state index contributed by atoms with van der Waals surface area (Å²) in [6, 6.07) is 0. The zero-order valence-electron chi connectivity index (χ0n) is 4.46. The standard InChI is InChI=1S/C6H8N2/c7-6-2-1-4-8-5-3-6/h1-5,8H,7H2. The molecule has 0 saturated heterocycles. The summed E-state index contributed by atoms with van der Waals surface area (Å²) in [7, 11) is 0. The van der Waals surface area contributed by atoms with Gasteiger partial charge in [-0.15, -0.1) is 0 Å². The van der Waals surface area contributed by atoms with E-state index in [4.69, 9.17) is 5.73 Å². The molecule has 8 heavy (non-hydrogen) atoms. The van der Waals surface area contributed by atoms with Gasteiger partial charge in [-0.05, 0) is 18.2 Å². The maximum absolute atomic E-state index is 5.42. The van der Waals surface area contributed by atoms with Crippen molar-refractivity contribution in [2.24, 2.45) is 5.73 Å². The van der Waals surface area contributed by atoms with Crippen LogP contribution in [0.25, 0.3) is 0 Å². The van der Waals surface area contributed by atoms with E-state index in [1.165, 1.54) is 0 Å². The average Bonchev–Trinajstić information content (AvgIpc) is 1.94. The molecule has 2 heteroatoms. The van der Waals surface area contributed by atoms with Crippen LogP contribution >= 0.6 is 0 Å². The van der Waals surface area contributed by atoms with Crippen molar-refractivity contribution >= 4 is 0 Å². The molecule has 0 aromatic heterocycles. The summed E-state index contributed by atoms with van der Waals surface area (Å²) in [5.74, 6) is 0. The third-order valence-electron chi connectivity index (χ3n) is 0.853. The Morgan fingerprint density at radius 3 is 3.12 bits per heavy atom. The van der Waals surface area contributed by atoms with Gasteiger partial charge in [0.25, 0.3) is 0 Å². The van der Waals surface area contributed by atoms with Crippen LogP contribution in [0.3, 0.4) is 0 Å². The topological polar surface area (TPSA) is 38.0 Å². The molecule has 1 aliphatic rings. The minimum absolute atomic E-state index is 0.770. The zero-order valence-corrected chi connectivity index (χ0v) is 4.46. The Kier molecular flexibility index (Phi) is 1.37. The maximum atomic E-state index is 5.42. The first-order chi connectivity index (χ1) is 3.89. The first kappa shape index (κ1) is 4.97. The van der Waals surface area contributed by atoms with Gasteiger partial charge in [-0.25, -0.2) is 0 Å². The van der Waals surface area contributed by atoms with Gasteiger partial charge in [-0.1, -0.05) is 0 Å². The van der Waals surface area contributed by atoms with Gasteiger partial charge in [-0.2, -0.15) is 0 Å². The summed E-state index contributed by atoms with van der Waals surface area (Å²) in [5.41, 5.74) is 6.19. The van der Waals surface area contributed by atoms with Crippen molar-refractivity contribution in [2.75, 3.05) is 0 Å². The molecule has 0 bridgehead atoms. The summed E-state index contributed by atoms with van der Waals surface area (Å²) < 4.78 is 0. The summed E-state index contributed by atoms with van der Waals surface area (Å²) in [5, 5.41) is 2.88. The van der Waals surface area contributed by atoms with Crippen molar-refractivity contribution < 1.29 is 0 Å². The van der Waals surface area contributed by atoms with Gasteiger partial charge in [0.15, 0.2) is 0 Å². The monoisotopic (exact) mass is 108 g/mol. The lowest BCUT2D eigenvalue weighted by atomic mass is 10.4. The predicted octanol–water partition coefficient (Wildman–Crippen LogP) is 0.460. The number of nitrogens with two attached hydrogens (primary N) is 1. The second-order valence-electron chi connectivity index (χ2n) is 1.53. The van der Waals surface area contributed by atoms with E-state index in [2.05, 4.69) is 5.32 Å². The zero-order chi connectivity index (χ0) is 5.82. The van der Waals surface area contributed by atoms with Crippen LogP contribution in [-0.4, -0.2) is 0 Å². The molecule has 3 N–H and O–H groups in total. The van der Waals surface area contributed by atoms with Crippen molar-refractivity contribution in [1.29, 1.82) is 0 Å². The summed E-state index contributed by atoms with van der Waals surface area (Å²) in [6.45, 7) is 0. The molecular formula is C6H8N2. The van der Waals surface area contributed by atoms with Gasteiger partial charge < -0.3 is 11.1 Å². The lowest BCUT2D eigenvalue weighted by molar-refractivity contribution is 1.20. The van der Waals surface area contributed by atoms with Crippen molar-refractivity contribution in [2.45, 2.75) is 0 Å². The van der Waals surface area contributed by atoms with Crippen molar-refractivity contribution in [3.8, 4) is 0 Å². The van der Waals surface area contributed by atoms with Gasteiger partial charge in [-0.3, -0.25) is 0 Å². The van der Waals surface area contributed by atoms with E-state index in [1.54, 1.807) is 12.3 Å². The largest absolute Gasteiger partial charge is 0.399 e. The van der Waals surface area contributed by atoms with Crippen LogP contribution in [0.5, 0.6) is 0 Å². The highest BCUT2D eigenvalue weighted by Crippen LogP contribution is 1.89. The van der Waals surface area contributed by atoms with E-state index in [0.29, 0.717) is 0 Å². The average molecular weight is 108 g/mol. The molecule has 1 rings (SSSR count). The van der Waals surface area contributed by atoms with Crippen molar-refractivity contribution in [3.63, 3.8) is 0 Å². The second kappa shape index (κ2) is 2.21.